The van der Waals surface area contributed by atoms with Crippen molar-refractivity contribution in [3.8, 4) is 0 Å². The van der Waals surface area contributed by atoms with Gasteiger partial charge in [0.1, 0.15) is 5.82 Å². The van der Waals surface area contributed by atoms with Gasteiger partial charge in [-0.05, 0) is 68.1 Å². The maximum atomic E-state index is 12.8. The molecule has 2 nitrogen and oxygen atoms in total. The topological polar surface area (TPSA) is 38.0 Å². The van der Waals surface area contributed by atoms with E-state index in [0.717, 1.165) is 31.5 Å². The fourth-order valence-corrected chi connectivity index (χ4v) is 2.37. The first kappa shape index (κ1) is 15.5. The number of hydrogen-bond acceptors (Lipinski definition) is 2. The molecule has 0 bridgehead atoms. The van der Waals surface area contributed by atoms with Gasteiger partial charge in [-0.2, -0.15) is 0 Å². The summed E-state index contributed by atoms with van der Waals surface area (Å²) in [6.45, 7) is 3.15. The third-order valence-corrected chi connectivity index (χ3v) is 3.57. The third-order valence-electron chi connectivity index (χ3n) is 3.57. The van der Waals surface area contributed by atoms with E-state index in [1.54, 1.807) is 0 Å². The molecule has 0 aliphatic carbocycles. The van der Waals surface area contributed by atoms with E-state index in [9.17, 15) is 4.39 Å². The molecule has 0 amide bonds. The molecule has 0 fully saturated rings. The first-order valence-electron chi connectivity index (χ1n) is 7.46. The fourth-order valence-electron chi connectivity index (χ4n) is 2.37. The van der Waals surface area contributed by atoms with Crippen molar-refractivity contribution in [2.75, 3.05) is 12.3 Å². The molecule has 0 aromatic heterocycles. The van der Waals surface area contributed by atoms with Gasteiger partial charge in [0, 0.05) is 11.7 Å². The molecule has 0 heterocycles. The van der Waals surface area contributed by atoms with Gasteiger partial charge >= 0.3 is 0 Å². The molecular formula is C18H23FN2. The van der Waals surface area contributed by atoms with Crippen LogP contribution in [-0.2, 0) is 12.8 Å². The smallest absolute Gasteiger partial charge is 0.123 e. The summed E-state index contributed by atoms with van der Waals surface area (Å²) in [5.41, 5.74) is 8.96. The van der Waals surface area contributed by atoms with E-state index in [1.807, 2.05) is 24.3 Å². The van der Waals surface area contributed by atoms with E-state index >= 15 is 0 Å². The largest absolute Gasteiger partial charge is 0.399 e. The van der Waals surface area contributed by atoms with E-state index in [-0.39, 0.29) is 5.82 Å². The summed E-state index contributed by atoms with van der Waals surface area (Å²) in [5, 5.41) is 3.52. The van der Waals surface area contributed by atoms with Gasteiger partial charge in [0.05, 0.1) is 0 Å². The Morgan fingerprint density at radius 2 is 1.62 bits per heavy atom. The van der Waals surface area contributed by atoms with Crippen LogP contribution in [0.15, 0.2) is 48.5 Å². The van der Waals surface area contributed by atoms with Crippen molar-refractivity contribution in [1.29, 1.82) is 0 Å². The number of nitrogens with two attached hydrogens (primary N) is 1. The molecule has 0 radical (unpaired) electrons. The molecular weight excluding hydrogens is 263 g/mol. The molecule has 0 spiro atoms. The monoisotopic (exact) mass is 286 g/mol. The second kappa shape index (κ2) is 7.79. The van der Waals surface area contributed by atoms with E-state index in [2.05, 4.69) is 24.4 Å². The summed E-state index contributed by atoms with van der Waals surface area (Å²) in [6, 6.07) is 15.2. The number of hydrogen-bond donors (Lipinski definition) is 2. The lowest BCUT2D eigenvalue weighted by atomic mass is 10.1. The molecule has 112 valence electrons. The average molecular weight is 286 g/mol. The predicted octanol–water partition coefficient (Wildman–Crippen LogP) is 3.56. The van der Waals surface area contributed by atoms with Crippen LogP contribution in [-0.4, -0.2) is 12.6 Å². The van der Waals surface area contributed by atoms with Crippen LogP contribution in [0.3, 0.4) is 0 Å². The normalized spacial score (nSPS) is 12.3. The summed E-state index contributed by atoms with van der Waals surface area (Å²) in [4.78, 5) is 0. The number of aryl methyl sites for hydroxylation is 1. The Kier molecular flexibility index (Phi) is 5.76. The standard InChI is InChI=1S/C18H23FN2/c1-14(13-16-6-10-18(20)11-7-16)21-12-2-3-15-4-8-17(19)9-5-15/h4-11,14,21H,2-3,12-13,20H2,1H3. The van der Waals surface area contributed by atoms with E-state index in [4.69, 9.17) is 5.73 Å². The first-order chi connectivity index (χ1) is 10.1. The Bertz CT molecular complexity index is 534. The van der Waals surface area contributed by atoms with E-state index in [0.29, 0.717) is 6.04 Å². The van der Waals surface area contributed by atoms with Gasteiger partial charge in [0.15, 0.2) is 0 Å². The molecule has 0 aliphatic rings. The number of nitrogen functional groups attached to an aromatic ring is 1. The van der Waals surface area contributed by atoms with E-state index in [1.165, 1.54) is 23.3 Å². The van der Waals surface area contributed by atoms with Gasteiger partial charge in [0.25, 0.3) is 0 Å². The van der Waals surface area contributed by atoms with Gasteiger partial charge < -0.3 is 11.1 Å². The lowest BCUT2D eigenvalue weighted by Crippen LogP contribution is -2.29. The van der Waals surface area contributed by atoms with Crippen LogP contribution in [0.2, 0.25) is 0 Å². The number of benzene rings is 2. The fraction of sp³-hybridized carbons (Fsp3) is 0.333. The molecule has 3 heteroatoms. The summed E-state index contributed by atoms with van der Waals surface area (Å²) < 4.78 is 12.8. The Morgan fingerprint density at radius 3 is 2.29 bits per heavy atom. The zero-order chi connectivity index (χ0) is 15.1. The number of halogens is 1. The lowest BCUT2D eigenvalue weighted by molar-refractivity contribution is 0.534. The van der Waals surface area contributed by atoms with Crippen LogP contribution < -0.4 is 11.1 Å². The van der Waals surface area contributed by atoms with Gasteiger partial charge in [0.2, 0.25) is 0 Å². The first-order valence-corrected chi connectivity index (χ1v) is 7.46. The lowest BCUT2D eigenvalue weighted by Gasteiger charge is -2.14. The molecule has 2 rings (SSSR count). The van der Waals surface area contributed by atoms with Crippen molar-refractivity contribution in [3.05, 3.63) is 65.5 Å². The molecule has 0 aliphatic heterocycles. The second-order valence-corrected chi connectivity index (χ2v) is 5.53. The van der Waals surface area contributed by atoms with Crippen molar-refractivity contribution < 1.29 is 4.39 Å². The van der Waals surface area contributed by atoms with Gasteiger partial charge in [-0.3, -0.25) is 0 Å². The Balaban J connectivity index is 1.66. The zero-order valence-corrected chi connectivity index (χ0v) is 12.5. The van der Waals surface area contributed by atoms with Gasteiger partial charge in [-0.25, -0.2) is 4.39 Å². The summed E-state index contributed by atoms with van der Waals surface area (Å²) in [5.74, 6) is -0.172. The van der Waals surface area contributed by atoms with Crippen molar-refractivity contribution in [2.24, 2.45) is 0 Å². The number of rotatable bonds is 7. The molecule has 2 aromatic carbocycles. The molecule has 21 heavy (non-hydrogen) atoms. The number of nitrogens with one attached hydrogen (secondary N) is 1. The highest BCUT2D eigenvalue weighted by Crippen LogP contribution is 2.08. The van der Waals surface area contributed by atoms with Crippen molar-refractivity contribution in [1.82, 2.24) is 5.32 Å². The quantitative estimate of drug-likeness (QED) is 0.603. The average Bonchev–Trinajstić information content (AvgIpc) is 2.48. The highest BCUT2D eigenvalue weighted by atomic mass is 19.1. The minimum absolute atomic E-state index is 0.172. The summed E-state index contributed by atoms with van der Waals surface area (Å²) >= 11 is 0. The maximum absolute atomic E-state index is 12.8. The Morgan fingerprint density at radius 1 is 1.00 bits per heavy atom. The van der Waals surface area contributed by atoms with E-state index < -0.39 is 0 Å². The van der Waals surface area contributed by atoms with Gasteiger partial charge in [-0.15, -0.1) is 0 Å². The molecule has 2 aromatic rings. The van der Waals surface area contributed by atoms with Crippen LogP contribution in [0.5, 0.6) is 0 Å². The Labute approximate surface area is 126 Å². The van der Waals surface area contributed by atoms with Crippen molar-refractivity contribution >= 4 is 5.69 Å². The SMILES string of the molecule is CC(Cc1ccc(N)cc1)NCCCc1ccc(F)cc1. The van der Waals surface area contributed by atoms with Crippen LogP contribution in [0.25, 0.3) is 0 Å². The highest BCUT2D eigenvalue weighted by Gasteiger charge is 2.03. The molecule has 0 saturated carbocycles. The minimum atomic E-state index is -0.172. The number of anilines is 1. The van der Waals surface area contributed by atoms with Crippen LogP contribution in [0, 0.1) is 5.82 Å². The highest BCUT2D eigenvalue weighted by molar-refractivity contribution is 5.39. The van der Waals surface area contributed by atoms with Crippen LogP contribution in [0.4, 0.5) is 10.1 Å². The van der Waals surface area contributed by atoms with Gasteiger partial charge in [-0.1, -0.05) is 24.3 Å². The minimum Gasteiger partial charge on any atom is -0.399 e. The molecule has 3 N–H and O–H groups in total. The van der Waals surface area contributed by atoms with Crippen molar-refractivity contribution in [2.45, 2.75) is 32.2 Å². The molecule has 1 atom stereocenters. The maximum Gasteiger partial charge on any atom is 0.123 e. The predicted molar refractivity (Wildman–Crippen MR) is 86.7 cm³/mol. The van der Waals surface area contributed by atoms with Crippen LogP contribution >= 0.6 is 0 Å². The summed E-state index contributed by atoms with van der Waals surface area (Å²) in [7, 11) is 0. The zero-order valence-electron chi connectivity index (χ0n) is 12.5. The summed E-state index contributed by atoms with van der Waals surface area (Å²) in [6.07, 6.45) is 3.02. The van der Waals surface area contributed by atoms with Crippen molar-refractivity contribution in [3.63, 3.8) is 0 Å². The molecule has 0 saturated heterocycles. The molecule has 1 unspecified atom stereocenters. The third kappa shape index (κ3) is 5.56. The van der Waals surface area contributed by atoms with Crippen LogP contribution in [0.1, 0.15) is 24.5 Å². The Hall–Kier alpha value is -1.87. The second-order valence-electron chi connectivity index (χ2n) is 5.53.